The smallest absolute Gasteiger partial charge is 0.274 e. The van der Waals surface area contributed by atoms with Gasteiger partial charge in [0, 0.05) is 18.3 Å². The van der Waals surface area contributed by atoms with Gasteiger partial charge in [0.1, 0.15) is 5.82 Å². The molecule has 1 N–H and O–H groups in total. The van der Waals surface area contributed by atoms with Gasteiger partial charge in [-0.15, -0.1) is 0 Å². The molecule has 0 fully saturated rings. The third kappa shape index (κ3) is 3.53. The van der Waals surface area contributed by atoms with Gasteiger partial charge in [-0.1, -0.05) is 13.8 Å². The van der Waals surface area contributed by atoms with Crippen LogP contribution in [-0.2, 0) is 0 Å². The molecule has 82 valence electrons. The number of nitro benzene ring substituents is 1. The van der Waals surface area contributed by atoms with Gasteiger partial charge in [0.2, 0.25) is 0 Å². The first kappa shape index (κ1) is 11.4. The van der Waals surface area contributed by atoms with Crippen LogP contribution in [0.3, 0.4) is 0 Å². The number of benzene rings is 1. The molecule has 0 heterocycles. The van der Waals surface area contributed by atoms with Gasteiger partial charge in [0.25, 0.3) is 5.69 Å². The monoisotopic (exact) mass is 212 g/mol. The Bertz CT molecular complexity index is 366. The van der Waals surface area contributed by atoms with E-state index in [1.807, 2.05) is 13.8 Å². The first-order chi connectivity index (χ1) is 6.99. The third-order valence-electron chi connectivity index (χ3n) is 1.81. The summed E-state index contributed by atoms with van der Waals surface area (Å²) in [4.78, 5) is 9.85. The average Bonchev–Trinajstić information content (AvgIpc) is 2.13. The third-order valence-corrected chi connectivity index (χ3v) is 1.81. The van der Waals surface area contributed by atoms with Gasteiger partial charge in [-0.2, -0.15) is 0 Å². The topological polar surface area (TPSA) is 55.2 Å². The molecule has 0 saturated carbocycles. The Morgan fingerprint density at radius 2 is 2.13 bits per heavy atom. The average molecular weight is 212 g/mol. The maximum absolute atomic E-state index is 13.0. The van der Waals surface area contributed by atoms with E-state index >= 15 is 0 Å². The summed E-state index contributed by atoms with van der Waals surface area (Å²) in [5.41, 5.74) is 0.205. The number of hydrogen-bond donors (Lipinski definition) is 1. The van der Waals surface area contributed by atoms with Crippen LogP contribution in [0.5, 0.6) is 0 Å². The number of non-ortho nitro benzene ring substituents is 1. The van der Waals surface area contributed by atoms with Gasteiger partial charge in [-0.05, 0) is 12.0 Å². The van der Waals surface area contributed by atoms with Crippen molar-refractivity contribution in [1.29, 1.82) is 0 Å². The highest BCUT2D eigenvalue weighted by Gasteiger charge is 2.09. The molecule has 15 heavy (non-hydrogen) atoms. The minimum absolute atomic E-state index is 0.235. The minimum atomic E-state index is -0.608. The molecule has 0 amide bonds. The van der Waals surface area contributed by atoms with Crippen molar-refractivity contribution in [2.45, 2.75) is 13.8 Å². The summed E-state index contributed by atoms with van der Waals surface area (Å²) in [6.45, 7) is 4.65. The van der Waals surface area contributed by atoms with E-state index in [4.69, 9.17) is 0 Å². The van der Waals surface area contributed by atoms with E-state index in [9.17, 15) is 14.5 Å². The van der Waals surface area contributed by atoms with Crippen LogP contribution in [0, 0.1) is 21.8 Å². The van der Waals surface area contributed by atoms with E-state index in [1.165, 1.54) is 12.1 Å². The zero-order chi connectivity index (χ0) is 11.4. The highest BCUT2D eigenvalue weighted by molar-refractivity contribution is 5.51. The molecule has 0 aliphatic heterocycles. The minimum Gasteiger partial charge on any atom is -0.385 e. The van der Waals surface area contributed by atoms with Crippen molar-refractivity contribution in [3.8, 4) is 0 Å². The molecule has 1 aromatic carbocycles. The van der Waals surface area contributed by atoms with Gasteiger partial charge in [0.15, 0.2) is 0 Å². The van der Waals surface area contributed by atoms with E-state index < -0.39 is 10.7 Å². The van der Waals surface area contributed by atoms with Gasteiger partial charge >= 0.3 is 0 Å². The molecule has 1 rings (SSSR count). The molecule has 0 aromatic heterocycles. The SMILES string of the molecule is CC(C)CNc1cc(F)cc([N+](=O)[O-])c1. The summed E-state index contributed by atoms with van der Waals surface area (Å²) >= 11 is 0. The van der Waals surface area contributed by atoms with Crippen LogP contribution >= 0.6 is 0 Å². The van der Waals surface area contributed by atoms with Crippen molar-refractivity contribution in [2.24, 2.45) is 5.92 Å². The van der Waals surface area contributed by atoms with Crippen LogP contribution in [0.4, 0.5) is 15.8 Å². The zero-order valence-corrected chi connectivity index (χ0v) is 8.66. The molecule has 0 bridgehead atoms. The Kier molecular flexibility index (Phi) is 3.60. The van der Waals surface area contributed by atoms with E-state index in [0.29, 0.717) is 18.2 Å². The standard InChI is InChI=1S/C10H13FN2O2/c1-7(2)6-12-9-3-8(11)4-10(5-9)13(14)15/h3-5,7,12H,6H2,1-2H3. The zero-order valence-electron chi connectivity index (χ0n) is 8.66. The number of anilines is 1. The van der Waals surface area contributed by atoms with Crippen molar-refractivity contribution in [3.05, 3.63) is 34.1 Å². The molecule has 0 aliphatic carbocycles. The van der Waals surface area contributed by atoms with Crippen LogP contribution < -0.4 is 5.32 Å². The predicted molar refractivity (Wildman–Crippen MR) is 56.4 cm³/mol. The van der Waals surface area contributed by atoms with Crippen LogP contribution in [0.25, 0.3) is 0 Å². The maximum Gasteiger partial charge on any atom is 0.274 e. The molecule has 4 nitrogen and oxygen atoms in total. The first-order valence-corrected chi connectivity index (χ1v) is 4.68. The van der Waals surface area contributed by atoms with Crippen molar-refractivity contribution in [3.63, 3.8) is 0 Å². The normalized spacial score (nSPS) is 10.4. The lowest BCUT2D eigenvalue weighted by atomic mass is 10.2. The molecular formula is C10H13FN2O2. The predicted octanol–water partition coefficient (Wildman–Crippen LogP) is 2.80. The summed E-state index contributed by atoms with van der Waals surface area (Å²) in [6, 6.07) is 3.47. The van der Waals surface area contributed by atoms with Crippen molar-refractivity contribution in [1.82, 2.24) is 0 Å². The maximum atomic E-state index is 13.0. The summed E-state index contributed by atoms with van der Waals surface area (Å²) in [5, 5.41) is 13.4. The fourth-order valence-corrected chi connectivity index (χ4v) is 1.10. The van der Waals surface area contributed by atoms with Crippen molar-refractivity contribution < 1.29 is 9.31 Å². The number of nitro groups is 1. The van der Waals surface area contributed by atoms with Crippen molar-refractivity contribution >= 4 is 11.4 Å². The number of nitrogens with zero attached hydrogens (tertiary/aromatic N) is 1. The van der Waals surface area contributed by atoms with Gasteiger partial charge in [-0.3, -0.25) is 10.1 Å². The highest BCUT2D eigenvalue weighted by Crippen LogP contribution is 2.20. The molecule has 0 saturated heterocycles. The molecule has 0 atom stereocenters. The lowest BCUT2D eigenvalue weighted by Gasteiger charge is -2.08. The van der Waals surface area contributed by atoms with E-state index in [2.05, 4.69) is 5.32 Å². The van der Waals surface area contributed by atoms with Crippen molar-refractivity contribution in [2.75, 3.05) is 11.9 Å². The fourth-order valence-electron chi connectivity index (χ4n) is 1.10. The van der Waals surface area contributed by atoms with E-state index in [0.717, 1.165) is 6.07 Å². The lowest BCUT2D eigenvalue weighted by Crippen LogP contribution is -2.08. The second-order valence-corrected chi connectivity index (χ2v) is 3.73. The quantitative estimate of drug-likeness (QED) is 0.616. The summed E-state index contributed by atoms with van der Waals surface area (Å²) in [5.74, 6) is -0.206. The Labute approximate surface area is 87.3 Å². The summed E-state index contributed by atoms with van der Waals surface area (Å²) < 4.78 is 13.0. The number of rotatable bonds is 4. The van der Waals surface area contributed by atoms with Crippen LogP contribution in [0.1, 0.15) is 13.8 Å². The van der Waals surface area contributed by atoms with Crippen LogP contribution in [0.2, 0.25) is 0 Å². The Morgan fingerprint density at radius 1 is 1.47 bits per heavy atom. The molecule has 0 radical (unpaired) electrons. The van der Waals surface area contributed by atoms with E-state index in [-0.39, 0.29) is 5.69 Å². The van der Waals surface area contributed by atoms with Crippen LogP contribution in [-0.4, -0.2) is 11.5 Å². The number of halogens is 1. The second kappa shape index (κ2) is 4.72. The lowest BCUT2D eigenvalue weighted by molar-refractivity contribution is -0.385. The van der Waals surface area contributed by atoms with Crippen LogP contribution in [0.15, 0.2) is 18.2 Å². The Hall–Kier alpha value is -1.65. The first-order valence-electron chi connectivity index (χ1n) is 4.68. The van der Waals surface area contributed by atoms with Gasteiger partial charge < -0.3 is 5.32 Å². The molecule has 5 heteroatoms. The highest BCUT2D eigenvalue weighted by atomic mass is 19.1. The number of hydrogen-bond acceptors (Lipinski definition) is 3. The number of nitrogens with one attached hydrogen (secondary N) is 1. The molecule has 0 unspecified atom stereocenters. The second-order valence-electron chi connectivity index (χ2n) is 3.73. The van der Waals surface area contributed by atoms with Gasteiger partial charge in [0.05, 0.1) is 11.0 Å². The molecule has 1 aromatic rings. The van der Waals surface area contributed by atoms with Gasteiger partial charge in [-0.25, -0.2) is 4.39 Å². The summed E-state index contributed by atoms with van der Waals surface area (Å²) in [7, 11) is 0. The molecule has 0 aliphatic rings. The van der Waals surface area contributed by atoms with E-state index in [1.54, 1.807) is 0 Å². The Balaban J connectivity index is 2.84. The fraction of sp³-hybridized carbons (Fsp3) is 0.400. The molecular weight excluding hydrogens is 199 g/mol. The molecule has 0 spiro atoms. The Morgan fingerprint density at radius 3 is 2.67 bits per heavy atom. The largest absolute Gasteiger partial charge is 0.385 e. The summed E-state index contributed by atoms with van der Waals surface area (Å²) in [6.07, 6.45) is 0.